The lowest BCUT2D eigenvalue weighted by atomic mass is 10.0. The van der Waals surface area contributed by atoms with Gasteiger partial charge in [0.05, 0.1) is 11.7 Å². The van der Waals surface area contributed by atoms with Crippen LogP contribution >= 0.6 is 0 Å². The quantitative estimate of drug-likeness (QED) is 0.754. The third-order valence-corrected chi connectivity index (χ3v) is 2.95. The summed E-state index contributed by atoms with van der Waals surface area (Å²) in [6.07, 6.45) is 2.30. The number of ketones is 2. The number of hydrogen-bond donors (Lipinski definition) is 1. The molecule has 1 amide bonds. The van der Waals surface area contributed by atoms with Gasteiger partial charge in [0.15, 0.2) is 11.6 Å². The molecule has 0 saturated carbocycles. The smallest absolute Gasteiger partial charge is 0.220 e. The highest BCUT2D eigenvalue weighted by molar-refractivity contribution is 5.89. The van der Waals surface area contributed by atoms with Crippen molar-refractivity contribution in [1.82, 2.24) is 20.3 Å². The van der Waals surface area contributed by atoms with Gasteiger partial charge in [-0.3, -0.25) is 14.4 Å². The highest BCUT2D eigenvalue weighted by Crippen LogP contribution is 2.02. The van der Waals surface area contributed by atoms with E-state index in [1.54, 1.807) is 27.0 Å². The van der Waals surface area contributed by atoms with Crippen LogP contribution in [-0.4, -0.2) is 38.5 Å². The Balaban J connectivity index is 2.41. The molecule has 1 unspecified atom stereocenters. The molecule has 0 saturated heterocycles. The standard InChI is InChI=1S/C14H22N4O3/c1-9(2)14(21)11(4)15-13(20)6-5-12-8-18(17-16-12)7-10(3)19/h8-9,11H,5-7H2,1-4H3,(H,15,20). The van der Waals surface area contributed by atoms with Crippen LogP contribution in [-0.2, 0) is 27.3 Å². The maximum absolute atomic E-state index is 11.8. The van der Waals surface area contributed by atoms with Crippen LogP contribution < -0.4 is 5.32 Å². The van der Waals surface area contributed by atoms with Gasteiger partial charge in [0, 0.05) is 25.0 Å². The Morgan fingerprint density at radius 3 is 2.52 bits per heavy atom. The summed E-state index contributed by atoms with van der Waals surface area (Å²) in [6, 6.07) is -0.481. The van der Waals surface area contributed by atoms with Gasteiger partial charge in [-0.2, -0.15) is 0 Å². The van der Waals surface area contributed by atoms with Gasteiger partial charge >= 0.3 is 0 Å². The van der Waals surface area contributed by atoms with Crippen molar-refractivity contribution >= 4 is 17.5 Å². The topological polar surface area (TPSA) is 94.0 Å². The van der Waals surface area contributed by atoms with Gasteiger partial charge in [-0.25, -0.2) is 4.68 Å². The molecule has 1 atom stereocenters. The molecule has 0 aliphatic carbocycles. The molecular formula is C14H22N4O3. The van der Waals surface area contributed by atoms with E-state index < -0.39 is 6.04 Å². The van der Waals surface area contributed by atoms with E-state index in [1.165, 1.54) is 11.6 Å². The number of aromatic nitrogens is 3. The molecule has 1 aromatic heterocycles. The Morgan fingerprint density at radius 1 is 1.29 bits per heavy atom. The van der Waals surface area contributed by atoms with Gasteiger partial charge in [0.25, 0.3) is 0 Å². The second kappa shape index (κ2) is 7.66. The molecule has 1 N–H and O–H groups in total. The van der Waals surface area contributed by atoms with Crippen LogP contribution in [0.5, 0.6) is 0 Å². The molecule has 0 bridgehead atoms. The molecule has 0 aliphatic rings. The number of hydrogen-bond acceptors (Lipinski definition) is 5. The minimum Gasteiger partial charge on any atom is -0.347 e. The Morgan fingerprint density at radius 2 is 1.95 bits per heavy atom. The van der Waals surface area contributed by atoms with Crippen molar-refractivity contribution in [3.05, 3.63) is 11.9 Å². The first kappa shape index (κ1) is 17.0. The number of amides is 1. The number of aryl methyl sites for hydroxylation is 1. The van der Waals surface area contributed by atoms with E-state index in [2.05, 4.69) is 15.6 Å². The van der Waals surface area contributed by atoms with E-state index in [0.717, 1.165) is 0 Å². The number of carbonyl (C=O) groups is 3. The number of nitrogens with zero attached hydrogens (tertiary/aromatic N) is 3. The lowest BCUT2D eigenvalue weighted by Crippen LogP contribution is -2.40. The summed E-state index contributed by atoms with van der Waals surface area (Å²) in [6.45, 7) is 6.95. The average molecular weight is 294 g/mol. The van der Waals surface area contributed by atoms with Crippen LogP contribution in [0.2, 0.25) is 0 Å². The largest absolute Gasteiger partial charge is 0.347 e. The molecule has 1 aromatic rings. The molecule has 0 spiro atoms. The molecule has 0 radical (unpaired) electrons. The van der Waals surface area contributed by atoms with Crippen LogP contribution in [0.3, 0.4) is 0 Å². The minimum atomic E-state index is -0.481. The van der Waals surface area contributed by atoms with Crippen molar-refractivity contribution in [2.75, 3.05) is 0 Å². The molecule has 116 valence electrons. The fourth-order valence-electron chi connectivity index (χ4n) is 1.88. The highest BCUT2D eigenvalue weighted by Gasteiger charge is 2.18. The van der Waals surface area contributed by atoms with E-state index in [1.807, 2.05) is 0 Å². The summed E-state index contributed by atoms with van der Waals surface area (Å²) in [7, 11) is 0. The third kappa shape index (κ3) is 5.85. The van der Waals surface area contributed by atoms with Gasteiger partial charge in [-0.15, -0.1) is 5.10 Å². The summed E-state index contributed by atoms with van der Waals surface area (Å²) >= 11 is 0. The van der Waals surface area contributed by atoms with Crippen molar-refractivity contribution in [3.8, 4) is 0 Å². The summed E-state index contributed by atoms with van der Waals surface area (Å²) in [4.78, 5) is 34.4. The summed E-state index contributed by atoms with van der Waals surface area (Å²) in [5, 5.41) is 10.4. The zero-order chi connectivity index (χ0) is 16.0. The molecule has 21 heavy (non-hydrogen) atoms. The van der Waals surface area contributed by atoms with E-state index in [-0.39, 0.29) is 36.4 Å². The molecule has 1 rings (SSSR count). The van der Waals surface area contributed by atoms with E-state index >= 15 is 0 Å². The van der Waals surface area contributed by atoms with E-state index in [0.29, 0.717) is 12.1 Å². The first-order chi connectivity index (χ1) is 9.79. The van der Waals surface area contributed by atoms with Gasteiger partial charge in [-0.05, 0) is 13.8 Å². The Bertz CT molecular complexity index is 522. The summed E-state index contributed by atoms with van der Waals surface area (Å²) in [5.74, 6) is -0.301. The third-order valence-electron chi connectivity index (χ3n) is 2.95. The maximum atomic E-state index is 11.8. The van der Waals surface area contributed by atoms with Crippen molar-refractivity contribution in [2.24, 2.45) is 5.92 Å². The number of carbonyl (C=O) groups excluding carboxylic acids is 3. The van der Waals surface area contributed by atoms with Crippen LogP contribution in [0.25, 0.3) is 0 Å². The predicted molar refractivity (Wildman–Crippen MR) is 76.5 cm³/mol. The second-order valence-electron chi connectivity index (χ2n) is 5.46. The fourth-order valence-corrected chi connectivity index (χ4v) is 1.88. The van der Waals surface area contributed by atoms with Gasteiger partial charge in [-0.1, -0.05) is 19.1 Å². The first-order valence-corrected chi connectivity index (χ1v) is 7.01. The number of Topliss-reactive ketones (excluding diaryl/α,β-unsaturated/α-hetero) is 2. The van der Waals surface area contributed by atoms with Gasteiger partial charge in [0.1, 0.15) is 6.54 Å². The van der Waals surface area contributed by atoms with Crippen molar-refractivity contribution in [2.45, 2.75) is 53.1 Å². The molecule has 1 heterocycles. The normalized spacial score (nSPS) is 12.2. The Hall–Kier alpha value is -2.05. The first-order valence-electron chi connectivity index (χ1n) is 7.01. The second-order valence-corrected chi connectivity index (χ2v) is 5.46. The van der Waals surface area contributed by atoms with Crippen LogP contribution in [0.15, 0.2) is 6.20 Å². The lowest BCUT2D eigenvalue weighted by molar-refractivity contribution is -0.129. The lowest BCUT2D eigenvalue weighted by Gasteiger charge is -2.14. The molecule has 0 aromatic carbocycles. The Kier molecular flexibility index (Phi) is 6.20. The minimum absolute atomic E-state index is 0.00906. The summed E-state index contributed by atoms with van der Waals surface area (Å²) in [5.41, 5.74) is 0.647. The van der Waals surface area contributed by atoms with E-state index in [4.69, 9.17) is 0 Å². The average Bonchev–Trinajstić information content (AvgIpc) is 2.81. The molecule has 0 fully saturated rings. The summed E-state index contributed by atoms with van der Waals surface area (Å²) < 4.78 is 1.44. The van der Waals surface area contributed by atoms with Crippen molar-refractivity contribution < 1.29 is 14.4 Å². The molecular weight excluding hydrogens is 272 g/mol. The SMILES string of the molecule is CC(=O)Cn1cc(CCC(=O)NC(C)C(=O)C(C)C)nn1. The van der Waals surface area contributed by atoms with E-state index in [9.17, 15) is 14.4 Å². The Labute approximate surface area is 124 Å². The highest BCUT2D eigenvalue weighted by atomic mass is 16.2. The number of nitrogens with one attached hydrogen (secondary N) is 1. The predicted octanol–water partition coefficient (Wildman–Crippen LogP) is 0.529. The van der Waals surface area contributed by atoms with Gasteiger partial charge < -0.3 is 5.32 Å². The van der Waals surface area contributed by atoms with Crippen molar-refractivity contribution in [3.63, 3.8) is 0 Å². The maximum Gasteiger partial charge on any atom is 0.220 e. The monoisotopic (exact) mass is 294 g/mol. The van der Waals surface area contributed by atoms with Gasteiger partial charge in [0.2, 0.25) is 5.91 Å². The van der Waals surface area contributed by atoms with Crippen LogP contribution in [0.4, 0.5) is 0 Å². The zero-order valence-corrected chi connectivity index (χ0v) is 12.9. The zero-order valence-electron chi connectivity index (χ0n) is 12.9. The molecule has 7 heteroatoms. The van der Waals surface area contributed by atoms with Crippen LogP contribution in [0, 0.1) is 5.92 Å². The van der Waals surface area contributed by atoms with Crippen LogP contribution in [0.1, 0.15) is 39.8 Å². The van der Waals surface area contributed by atoms with Crippen molar-refractivity contribution in [1.29, 1.82) is 0 Å². The molecule has 0 aliphatic heterocycles. The number of rotatable bonds is 8. The fraction of sp³-hybridized carbons (Fsp3) is 0.643. The molecule has 7 nitrogen and oxygen atoms in total.